The topological polar surface area (TPSA) is 113 Å². The molecule has 2 saturated heterocycles. The Labute approximate surface area is 180 Å². The summed E-state index contributed by atoms with van der Waals surface area (Å²) in [5.41, 5.74) is 7.81. The van der Waals surface area contributed by atoms with E-state index in [1.807, 2.05) is 31.2 Å². The van der Waals surface area contributed by atoms with E-state index in [2.05, 4.69) is 5.32 Å². The lowest BCUT2D eigenvalue weighted by atomic mass is 9.86. The number of hydrogen-bond donors (Lipinski definition) is 2. The number of fused-ring (bicyclic) bond motifs is 1. The fraction of sp³-hybridized carbons (Fsp3) is 0.304. The molecule has 4 rings (SSSR count). The van der Waals surface area contributed by atoms with Gasteiger partial charge < -0.3 is 16.0 Å². The fourth-order valence-electron chi connectivity index (χ4n) is 4.67. The molecule has 0 aromatic heterocycles. The summed E-state index contributed by atoms with van der Waals surface area (Å²) in [6.45, 7) is 4.01. The van der Waals surface area contributed by atoms with Crippen LogP contribution in [0.5, 0.6) is 0 Å². The second-order valence-electron chi connectivity index (χ2n) is 7.84. The van der Waals surface area contributed by atoms with Gasteiger partial charge in [-0.15, -0.1) is 0 Å². The van der Waals surface area contributed by atoms with Gasteiger partial charge in [-0.3, -0.25) is 14.4 Å². The van der Waals surface area contributed by atoms with E-state index in [0.717, 1.165) is 10.5 Å². The Morgan fingerprint density at radius 1 is 0.968 bits per heavy atom. The third-order valence-electron chi connectivity index (χ3n) is 5.96. The number of hydrogen-bond acceptors (Lipinski definition) is 4. The molecule has 2 heterocycles. The molecule has 0 aliphatic carbocycles. The first-order chi connectivity index (χ1) is 14.9. The number of benzene rings is 2. The highest BCUT2D eigenvalue weighted by Crippen LogP contribution is 2.50. The maximum absolute atomic E-state index is 13.5. The van der Waals surface area contributed by atoms with Crippen LogP contribution < -0.4 is 16.0 Å². The number of amides is 5. The number of anilines is 1. The van der Waals surface area contributed by atoms with E-state index in [9.17, 15) is 19.2 Å². The molecule has 4 unspecified atom stereocenters. The van der Waals surface area contributed by atoms with Gasteiger partial charge >= 0.3 is 6.03 Å². The Morgan fingerprint density at radius 3 is 2.16 bits per heavy atom. The molecular weight excluding hydrogens is 396 g/mol. The molecule has 2 aliphatic rings. The average molecular weight is 420 g/mol. The summed E-state index contributed by atoms with van der Waals surface area (Å²) < 4.78 is 0. The number of carbonyl (C=O) groups excluding carboxylic acids is 4. The van der Waals surface area contributed by atoms with Crippen LogP contribution in [0.2, 0.25) is 0 Å². The van der Waals surface area contributed by atoms with Crippen molar-refractivity contribution in [2.24, 2.45) is 17.6 Å². The summed E-state index contributed by atoms with van der Waals surface area (Å²) in [6, 6.07) is 13.4. The van der Waals surface area contributed by atoms with E-state index in [1.54, 1.807) is 37.3 Å². The smallest absolute Gasteiger partial charge is 0.318 e. The van der Waals surface area contributed by atoms with Crippen LogP contribution >= 0.6 is 0 Å². The van der Waals surface area contributed by atoms with Gasteiger partial charge in [0.05, 0.1) is 23.6 Å². The van der Waals surface area contributed by atoms with Gasteiger partial charge in [0.1, 0.15) is 6.04 Å². The molecule has 4 atom stereocenters. The number of urea groups is 1. The van der Waals surface area contributed by atoms with Crippen LogP contribution in [0.1, 0.15) is 24.1 Å². The van der Waals surface area contributed by atoms with E-state index >= 15 is 0 Å². The zero-order valence-electron chi connectivity index (χ0n) is 17.3. The third kappa shape index (κ3) is 3.24. The summed E-state index contributed by atoms with van der Waals surface area (Å²) in [5, 5.41) is 2.69. The van der Waals surface area contributed by atoms with Crippen LogP contribution in [0.3, 0.4) is 0 Å². The second kappa shape index (κ2) is 7.86. The van der Waals surface area contributed by atoms with Crippen LogP contribution in [0.4, 0.5) is 10.5 Å². The van der Waals surface area contributed by atoms with Crippen LogP contribution in [-0.4, -0.2) is 41.2 Å². The number of rotatable bonds is 4. The molecular formula is C23H24N4O4. The van der Waals surface area contributed by atoms with E-state index < -0.39 is 47.7 Å². The van der Waals surface area contributed by atoms with E-state index in [1.165, 1.54) is 4.90 Å². The molecule has 2 aliphatic heterocycles. The maximum Gasteiger partial charge on any atom is 0.318 e. The van der Waals surface area contributed by atoms with Gasteiger partial charge in [-0.25, -0.2) is 9.69 Å². The molecule has 31 heavy (non-hydrogen) atoms. The van der Waals surface area contributed by atoms with Crippen LogP contribution in [0.25, 0.3) is 0 Å². The maximum atomic E-state index is 13.5. The van der Waals surface area contributed by atoms with Crippen molar-refractivity contribution in [3.05, 3.63) is 65.7 Å². The van der Waals surface area contributed by atoms with Gasteiger partial charge in [0.25, 0.3) is 0 Å². The summed E-state index contributed by atoms with van der Waals surface area (Å²) in [6.07, 6.45) is 0. The monoisotopic (exact) mass is 420 g/mol. The summed E-state index contributed by atoms with van der Waals surface area (Å²) >= 11 is 0. The number of aryl methyl sites for hydroxylation is 1. The molecule has 0 spiro atoms. The highest BCUT2D eigenvalue weighted by atomic mass is 16.2. The third-order valence-corrected chi connectivity index (χ3v) is 5.96. The van der Waals surface area contributed by atoms with Gasteiger partial charge in [-0.1, -0.05) is 48.0 Å². The lowest BCUT2D eigenvalue weighted by molar-refractivity contribution is -0.129. The molecule has 3 N–H and O–H groups in total. The number of nitrogens with zero attached hydrogens (tertiary/aromatic N) is 2. The first kappa shape index (κ1) is 20.6. The summed E-state index contributed by atoms with van der Waals surface area (Å²) in [7, 11) is 0. The average Bonchev–Trinajstić information content (AvgIpc) is 3.23. The van der Waals surface area contributed by atoms with Crippen molar-refractivity contribution in [1.29, 1.82) is 0 Å². The Bertz CT molecular complexity index is 1040. The number of para-hydroxylation sites is 1. The summed E-state index contributed by atoms with van der Waals surface area (Å²) in [5.74, 6) is -3.72. The highest BCUT2D eigenvalue weighted by molar-refractivity contribution is 6.24. The van der Waals surface area contributed by atoms with Crippen LogP contribution in [0, 0.1) is 18.8 Å². The zero-order chi connectivity index (χ0) is 22.3. The molecule has 0 saturated carbocycles. The van der Waals surface area contributed by atoms with Gasteiger partial charge in [-0.05, 0) is 31.5 Å². The molecule has 5 amide bonds. The minimum Gasteiger partial charge on any atom is -0.368 e. The quantitative estimate of drug-likeness (QED) is 0.734. The molecule has 8 nitrogen and oxygen atoms in total. The predicted octanol–water partition coefficient (Wildman–Crippen LogP) is 1.74. The van der Waals surface area contributed by atoms with Crippen LogP contribution in [-0.2, 0) is 14.4 Å². The summed E-state index contributed by atoms with van der Waals surface area (Å²) in [4.78, 5) is 54.8. The number of carbonyl (C=O) groups is 4. The number of likely N-dealkylation sites (tertiary alicyclic amines) is 1. The van der Waals surface area contributed by atoms with Crippen LogP contribution in [0.15, 0.2) is 54.6 Å². The van der Waals surface area contributed by atoms with Gasteiger partial charge in [0, 0.05) is 6.54 Å². The number of nitrogens with one attached hydrogen (secondary N) is 1. The Balaban J connectivity index is 1.87. The van der Waals surface area contributed by atoms with Crippen molar-refractivity contribution in [2.75, 3.05) is 11.4 Å². The molecule has 0 bridgehead atoms. The van der Waals surface area contributed by atoms with Crippen molar-refractivity contribution in [3.8, 4) is 0 Å². The van der Waals surface area contributed by atoms with Crippen molar-refractivity contribution in [1.82, 2.24) is 10.2 Å². The van der Waals surface area contributed by atoms with Crippen molar-refractivity contribution >= 4 is 29.4 Å². The molecule has 2 fully saturated rings. The standard InChI is InChI=1S/C23H24N4O4/c1-3-25-23(31)27-18(14-11-9-13(2)10-12-14)16-17(19(27)20(24)28)22(30)26(21(16)29)15-7-5-4-6-8-15/h4-12,16-19H,3H2,1-2H3,(H2,24,28)(H,25,31). The van der Waals surface area contributed by atoms with E-state index in [0.29, 0.717) is 17.8 Å². The Kier molecular flexibility index (Phi) is 5.22. The fourth-order valence-corrected chi connectivity index (χ4v) is 4.67. The van der Waals surface area contributed by atoms with Gasteiger partial charge in [-0.2, -0.15) is 0 Å². The van der Waals surface area contributed by atoms with Crippen molar-refractivity contribution in [3.63, 3.8) is 0 Å². The highest BCUT2D eigenvalue weighted by Gasteiger charge is 2.65. The Hall–Kier alpha value is -3.68. The molecule has 0 radical (unpaired) electrons. The first-order valence-corrected chi connectivity index (χ1v) is 10.2. The zero-order valence-corrected chi connectivity index (χ0v) is 17.3. The van der Waals surface area contributed by atoms with E-state index in [4.69, 9.17) is 5.73 Å². The van der Waals surface area contributed by atoms with Crippen molar-refractivity contribution < 1.29 is 19.2 Å². The number of imide groups is 1. The second-order valence-corrected chi connectivity index (χ2v) is 7.84. The Morgan fingerprint density at radius 2 is 1.58 bits per heavy atom. The normalized spacial score (nSPS) is 25.0. The number of primary amides is 1. The SMILES string of the molecule is CCNC(=O)N1C(C(N)=O)C2C(=O)N(c3ccccc3)C(=O)C2C1c1ccc(C)cc1. The molecule has 2 aromatic rings. The molecule has 8 heteroatoms. The number of nitrogens with two attached hydrogens (primary N) is 1. The largest absolute Gasteiger partial charge is 0.368 e. The minimum absolute atomic E-state index is 0.328. The van der Waals surface area contributed by atoms with Crippen molar-refractivity contribution in [2.45, 2.75) is 25.9 Å². The minimum atomic E-state index is -1.23. The molecule has 160 valence electrons. The predicted molar refractivity (Wildman–Crippen MR) is 114 cm³/mol. The lowest BCUT2D eigenvalue weighted by Gasteiger charge is -2.32. The van der Waals surface area contributed by atoms with Gasteiger partial charge in [0.2, 0.25) is 17.7 Å². The first-order valence-electron chi connectivity index (χ1n) is 10.2. The van der Waals surface area contributed by atoms with E-state index in [-0.39, 0.29) is 0 Å². The lowest BCUT2D eigenvalue weighted by Crippen LogP contribution is -2.53. The van der Waals surface area contributed by atoms with Gasteiger partial charge in [0.15, 0.2) is 0 Å². The molecule has 2 aromatic carbocycles.